The van der Waals surface area contributed by atoms with E-state index in [1.165, 1.54) is 6.92 Å². The maximum absolute atomic E-state index is 14.7. The molecule has 28 heteroatoms. The van der Waals surface area contributed by atoms with Crippen LogP contribution in [0.25, 0.3) is 10.9 Å². The maximum Gasteiger partial charge on any atom is 0.326 e. The number of hydrogen-bond acceptors (Lipinski definition) is 12. The second-order valence-electron chi connectivity index (χ2n) is 19.0. The molecule has 0 aliphatic carbocycles. The van der Waals surface area contributed by atoms with E-state index in [1.54, 1.807) is 42.6 Å². The van der Waals surface area contributed by atoms with Crippen LogP contribution in [0.2, 0.25) is 0 Å². The summed E-state index contributed by atoms with van der Waals surface area (Å²) in [5.41, 5.74) is 35.1. The lowest BCUT2D eigenvalue weighted by Crippen LogP contribution is -2.60. The van der Waals surface area contributed by atoms with Crippen molar-refractivity contribution in [3.63, 3.8) is 0 Å². The van der Waals surface area contributed by atoms with Crippen LogP contribution in [0.15, 0.2) is 75.8 Å². The zero-order valence-electron chi connectivity index (χ0n) is 44.3. The number of carboxylic acid groups (broad SMARTS) is 1. The van der Waals surface area contributed by atoms with Gasteiger partial charge in [0.2, 0.25) is 47.3 Å². The number of hydrogen-bond donors (Lipinski definition) is 16. The lowest BCUT2D eigenvalue weighted by molar-refractivity contribution is -0.142. The normalized spacial score (nSPS) is 20.7. The van der Waals surface area contributed by atoms with Gasteiger partial charge in [-0.15, -0.1) is 0 Å². The molecule has 3 aromatic rings. The predicted molar refractivity (Wildman–Crippen MR) is 295 cm³/mol. The third-order valence-electron chi connectivity index (χ3n) is 12.6. The molecule has 4 rings (SSSR count). The number of carboxylic acids is 1. The summed E-state index contributed by atoms with van der Waals surface area (Å²) in [7, 11) is 0. The Kier molecular flexibility index (Phi) is 25.8. The van der Waals surface area contributed by atoms with Gasteiger partial charge in [0.15, 0.2) is 17.9 Å². The predicted octanol–water partition coefficient (Wildman–Crippen LogP) is -3.31. The number of H-pyrrole nitrogens is 1. The van der Waals surface area contributed by atoms with E-state index in [1.807, 2.05) is 18.2 Å². The van der Waals surface area contributed by atoms with E-state index in [9.17, 15) is 48.3 Å². The Bertz CT molecular complexity index is 2650. The zero-order valence-corrected chi connectivity index (χ0v) is 44.3. The van der Waals surface area contributed by atoms with Crippen molar-refractivity contribution in [3.8, 4) is 0 Å². The molecule has 1 fully saturated rings. The van der Waals surface area contributed by atoms with Gasteiger partial charge < -0.3 is 87.0 Å². The maximum atomic E-state index is 14.7. The third-order valence-corrected chi connectivity index (χ3v) is 12.6. The molecule has 1 saturated heterocycles. The SMILES string of the molecule is CC(=O)N[C@@H](CCCN=C(N)N)C(=O)N[C@H]1CC(=O)NCCCCC[C@@H](C(=O)O)NC(=O)[C@H](Cc2c[nH]c3ccccc23)NC(=O)[C@H](CCCN=C(N)N)NC(=O)[C@@H](Cc2ccccc2)NC(=O)[C@H](CCCN=C(N)N)NC1=O. The molecule has 0 spiro atoms. The van der Waals surface area contributed by atoms with Gasteiger partial charge in [-0.05, 0) is 68.6 Å². The number of amides is 8. The summed E-state index contributed by atoms with van der Waals surface area (Å²) >= 11 is 0. The molecule has 7 atom stereocenters. The molecule has 79 heavy (non-hydrogen) atoms. The Hall–Kier alpha value is -8.98. The monoisotopic (exact) mass is 1100 g/mol. The summed E-state index contributed by atoms with van der Waals surface area (Å²) < 4.78 is 0. The summed E-state index contributed by atoms with van der Waals surface area (Å²) in [5, 5.41) is 32.2. The lowest BCUT2D eigenvalue weighted by Gasteiger charge is -2.28. The highest BCUT2D eigenvalue weighted by Crippen LogP contribution is 2.20. The van der Waals surface area contributed by atoms with Gasteiger partial charge in [-0.1, -0.05) is 61.4 Å². The quantitative estimate of drug-likeness (QED) is 0.0299. The number of benzene rings is 2. The first-order valence-corrected chi connectivity index (χ1v) is 26.0. The average molecular weight is 1100 g/mol. The topological polar surface area (TPSA) is 479 Å². The lowest BCUT2D eigenvalue weighted by atomic mass is 10.0. The molecule has 8 amide bonds. The number of aromatic amines is 1. The van der Waals surface area contributed by atoms with Crippen LogP contribution in [0, 0.1) is 0 Å². The van der Waals surface area contributed by atoms with E-state index in [-0.39, 0.29) is 108 Å². The molecule has 430 valence electrons. The Balaban J connectivity index is 1.79. The van der Waals surface area contributed by atoms with Crippen LogP contribution in [0.4, 0.5) is 0 Å². The van der Waals surface area contributed by atoms with Gasteiger partial charge in [0.1, 0.15) is 42.3 Å². The number of nitrogens with two attached hydrogens (primary N) is 6. The molecular weight excluding hydrogens is 1020 g/mol. The molecule has 1 aromatic heterocycles. The van der Waals surface area contributed by atoms with Crippen LogP contribution < -0.4 is 76.9 Å². The number of para-hydroxylation sites is 1. The molecule has 0 saturated carbocycles. The second kappa shape index (κ2) is 32.6. The molecule has 2 aromatic carbocycles. The van der Waals surface area contributed by atoms with Crippen LogP contribution in [-0.2, 0) is 56.0 Å². The number of rotatable bonds is 20. The molecular formula is C51H76N18O10. The van der Waals surface area contributed by atoms with E-state index in [0.29, 0.717) is 24.0 Å². The number of nitrogens with one attached hydrogen (secondary N) is 9. The minimum absolute atomic E-state index is 0.00363. The fraction of sp³-hybridized carbons (Fsp3) is 0.490. The minimum Gasteiger partial charge on any atom is -0.480 e. The van der Waals surface area contributed by atoms with Crippen molar-refractivity contribution in [1.82, 2.24) is 47.5 Å². The third kappa shape index (κ3) is 22.6. The minimum atomic E-state index is -1.65. The van der Waals surface area contributed by atoms with E-state index in [4.69, 9.17) is 34.4 Å². The Morgan fingerprint density at radius 2 is 1.18 bits per heavy atom. The van der Waals surface area contributed by atoms with Crippen LogP contribution in [0.1, 0.15) is 88.7 Å². The van der Waals surface area contributed by atoms with Crippen molar-refractivity contribution in [2.75, 3.05) is 26.2 Å². The number of aliphatic carboxylic acids is 1. The van der Waals surface area contributed by atoms with Gasteiger partial charge in [-0.3, -0.25) is 53.3 Å². The van der Waals surface area contributed by atoms with Crippen molar-refractivity contribution >= 4 is 82.0 Å². The summed E-state index contributed by atoms with van der Waals surface area (Å²) in [6.07, 6.45) is 1.93. The first-order chi connectivity index (χ1) is 37.7. The summed E-state index contributed by atoms with van der Waals surface area (Å²) in [5.74, 6) is -8.54. The molecule has 1 aliphatic heterocycles. The van der Waals surface area contributed by atoms with Crippen LogP contribution in [0.3, 0.4) is 0 Å². The van der Waals surface area contributed by atoms with E-state index in [0.717, 1.165) is 10.9 Å². The fourth-order valence-corrected chi connectivity index (χ4v) is 8.59. The molecule has 2 heterocycles. The average Bonchev–Trinajstić information content (AvgIpc) is 3.86. The molecule has 1 aliphatic rings. The van der Waals surface area contributed by atoms with Crippen LogP contribution in [0.5, 0.6) is 0 Å². The number of aliphatic imine (C=N–C) groups is 3. The van der Waals surface area contributed by atoms with Crippen molar-refractivity contribution in [3.05, 3.63) is 71.9 Å². The Morgan fingerprint density at radius 1 is 0.646 bits per heavy atom. The van der Waals surface area contributed by atoms with Crippen molar-refractivity contribution < 1.29 is 48.3 Å². The van der Waals surface area contributed by atoms with Crippen molar-refractivity contribution in [2.45, 2.75) is 133 Å². The molecule has 0 unspecified atom stereocenters. The summed E-state index contributed by atoms with van der Waals surface area (Å²) in [4.78, 5) is 140. The standard InChI is InChI=1S/C51H76N18O10/c1-29(70)63-34(18-10-22-59-49(52)53)42(72)69-40-27-41(71)58-21-9-3-6-17-37(48(78)79)66-46(76)39(26-31-28-62-33-16-8-7-15-32(31)33)68-44(74)36(20-12-24-61-51(56)57)64-45(75)38(25-30-13-4-2-5-14-30)67-43(73)35(65-47(40)77)19-11-23-60-50(54)55/h2,4-5,7-8,13-16,28,34-40,62H,3,6,9-12,17-27H2,1H3,(H,58,71)(H,63,70)(H,64,75)(H,65,77)(H,66,76)(H,67,73)(H,68,74)(H,69,72)(H,78,79)(H4,52,53,59)(H4,54,55,60)(H4,56,57,61)/t34-,35-,36-,37-,38+,39-,40-/m0/s1. The summed E-state index contributed by atoms with van der Waals surface area (Å²) in [6.45, 7) is 1.37. The number of guanidine groups is 3. The largest absolute Gasteiger partial charge is 0.480 e. The van der Waals surface area contributed by atoms with Gasteiger partial charge >= 0.3 is 5.97 Å². The molecule has 0 bridgehead atoms. The fourth-order valence-electron chi connectivity index (χ4n) is 8.59. The first-order valence-electron chi connectivity index (χ1n) is 26.0. The highest BCUT2D eigenvalue weighted by molar-refractivity contribution is 5.99. The van der Waals surface area contributed by atoms with Gasteiger partial charge in [-0.25, -0.2) is 4.79 Å². The van der Waals surface area contributed by atoms with E-state index < -0.39 is 102 Å². The van der Waals surface area contributed by atoms with Gasteiger partial charge in [0, 0.05) is 63.0 Å². The van der Waals surface area contributed by atoms with E-state index >= 15 is 0 Å². The molecule has 28 nitrogen and oxygen atoms in total. The zero-order chi connectivity index (χ0) is 57.9. The van der Waals surface area contributed by atoms with Crippen LogP contribution in [-0.4, -0.2) is 150 Å². The molecule has 0 radical (unpaired) electrons. The Morgan fingerprint density at radius 3 is 1.77 bits per heavy atom. The second-order valence-corrected chi connectivity index (χ2v) is 19.0. The number of aromatic nitrogens is 1. The van der Waals surface area contributed by atoms with Crippen molar-refractivity contribution in [2.24, 2.45) is 49.4 Å². The van der Waals surface area contributed by atoms with E-state index in [2.05, 4.69) is 62.5 Å². The number of fused-ring (bicyclic) bond motifs is 1. The first kappa shape index (κ1) is 62.6. The molecule has 22 N–H and O–H groups in total. The van der Waals surface area contributed by atoms with Crippen molar-refractivity contribution in [1.29, 1.82) is 0 Å². The number of carbonyl (C=O) groups excluding carboxylic acids is 8. The van der Waals surface area contributed by atoms with Gasteiger partial charge in [0.25, 0.3) is 0 Å². The summed E-state index contributed by atoms with van der Waals surface area (Å²) in [6, 6.07) is 5.83. The highest BCUT2D eigenvalue weighted by Gasteiger charge is 2.35. The number of nitrogens with zero attached hydrogens (tertiary/aromatic N) is 3. The van der Waals surface area contributed by atoms with Crippen LogP contribution >= 0.6 is 0 Å². The van der Waals surface area contributed by atoms with Gasteiger partial charge in [0.05, 0.1) is 6.42 Å². The highest BCUT2D eigenvalue weighted by atomic mass is 16.4. The smallest absolute Gasteiger partial charge is 0.326 e. The Labute approximate surface area is 456 Å². The number of carbonyl (C=O) groups is 9. The van der Waals surface area contributed by atoms with Gasteiger partial charge in [-0.2, -0.15) is 0 Å².